The van der Waals surface area contributed by atoms with E-state index in [4.69, 9.17) is 0 Å². The molecule has 0 saturated heterocycles. The van der Waals surface area contributed by atoms with Gasteiger partial charge in [-0.25, -0.2) is 0 Å². The van der Waals surface area contributed by atoms with Gasteiger partial charge in [-0.05, 0) is 12.8 Å². The van der Waals surface area contributed by atoms with Crippen LogP contribution in [0.2, 0.25) is 0 Å². The predicted molar refractivity (Wildman–Crippen MR) is 37.6 cm³/mol. The van der Waals surface area contributed by atoms with E-state index in [1.165, 1.54) is 6.42 Å². The second kappa shape index (κ2) is 3.36. The van der Waals surface area contributed by atoms with E-state index in [1.807, 2.05) is 0 Å². The Labute approximate surface area is 51.7 Å². The third-order valence-electron chi connectivity index (χ3n) is 1.30. The lowest BCUT2D eigenvalue weighted by Crippen LogP contribution is -2.04. The Bertz CT molecular complexity index is 41.4. The molecule has 0 saturated carbocycles. The Morgan fingerprint density at radius 3 is 2.14 bits per heavy atom. The zero-order valence-corrected chi connectivity index (χ0v) is 5.91. The molecule has 0 aliphatic carbocycles. The first-order valence-corrected chi connectivity index (χ1v) is 3.21. The van der Waals surface area contributed by atoms with Gasteiger partial charge in [0.2, 0.25) is 0 Å². The molecule has 0 aromatic carbocycles. The molecule has 2 atom stereocenters. The van der Waals surface area contributed by atoms with E-state index in [1.54, 1.807) is 0 Å². The van der Waals surface area contributed by atoms with Gasteiger partial charge in [0.05, 0.1) is 0 Å². The summed E-state index contributed by atoms with van der Waals surface area (Å²) in [6.45, 7) is 8.08. The molecule has 0 rings (SSSR count). The fourth-order valence-corrected chi connectivity index (χ4v) is 0.483. The van der Waals surface area contributed by atoms with E-state index >= 15 is 0 Å². The minimum atomic E-state index is 0.310. The van der Waals surface area contributed by atoms with Crippen molar-refractivity contribution in [2.45, 2.75) is 25.5 Å². The Hall–Kier alpha value is 0.350. The largest absolute Gasteiger partial charge is 0.176 e. The summed E-state index contributed by atoms with van der Waals surface area (Å²) in [5.41, 5.74) is 0. The van der Waals surface area contributed by atoms with Crippen LogP contribution in [-0.4, -0.2) is 5.25 Å². The molecular weight excluding hydrogens is 104 g/mol. The average molecular weight is 117 g/mol. The highest BCUT2D eigenvalue weighted by molar-refractivity contribution is 7.81. The van der Waals surface area contributed by atoms with Crippen LogP contribution in [-0.2, 0) is 0 Å². The molecule has 0 spiro atoms. The highest BCUT2D eigenvalue weighted by Crippen LogP contribution is 2.10. The van der Waals surface area contributed by atoms with Crippen molar-refractivity contribution < 1.29 is 0 Å². The summed E-state index contributed by atoms with van der Waals surface area (Å²) >= 11 is 4.16. The molecule has 0 nitrogen and oxygen atoms in total. The minimum Gasteiger partial charge on any atom is -0.176 e. The third kappa shape index (κ3) is 2.98. The monoisotopic (exact) mass is 117 g/mol. The van der Waals surface area contributed by atoms with Crippen LogP contribution in [0.1, 0.15) is 20.3 Å². The van der Waals surface area contributed by atoms with Gasteiger partial charge in [-0.15, -0.1) is 0 Å². The lowest BCUT2D eigenvalue weighted by Gasteiger charge is -2.09. The van der Waals surface area contributed by atoms with Gasteiger partial charge in [-0.1, -0.05) is 20.3 Å². The standard InChI is InChI=1S/C6H13S/c1-4-5(2)6(3)7/h5-7H,3-4H2,1-2H3. The van der Waals surface area contributed by atoms with Crippen molar-refractivity contribution in [2.75, 3.05) is 0 Å². The van der Waals surface area contributed by atoms with Crippen molar-refractivity contribution in [3.8, 4) is 0 Å². The second-order valence-electron chi connectivity index (χ2n) is 1.95. The van der Waals surface area contributed by atoms with Gasteiger partial charge in [-0.2, -0.15) is 12.6 Å². The maximum atomic E-state index is 4.16. The molecule has 0 aromatic heterocycles. The van der Waals surface area contributed by atoms with E-state index < -0.39 is 0 Å². The maximum Gasteiger partial charge on any atom is 0.00427 e. The number of rotatable bonds is 2. The number of hydrogen-bond acceptors (Lipinski definition) is 1. The van der Waals surface area contributed by atoms with Crippen LogP contribution in [0, 0.1) is 12.8 Å². The minimum absolute atomic E-state index is 0.310. The molecule has 1 radical (unpaired) electrons. The first-order chi connectivity index (χ1) is 3.18. The van der Waals surface area contributed by atoms with Crippen molar-refractivity contribution in [1.82, 2.24) is 0 Å². The van der Waals surface area contributed by atoms with Crippen LogP contribution < -0.4 is 0 Å². The van der Waals surface area contributed by atoms with Crippen molar-refractivity contribution in [3.63, 3.8) is 0 Å². The Kier molecular flexibility index (Phi) is 3.53. The molecule has 0 bridgehead atoms. The van der Waals surface area contributed by atoms with Crippen molar-refractivity contribution in [2.24, 2.45) is 5.92 Å². The summed E-state index contributed by atoms with van der Waals surface area (Å²) in [6, 6.07) is 0. The summed E-state index contributed by atoms with van der Waals surface area (Å²) in [6.07, 6.45) is 1.18. The van der Waals surface area contributed by atoms with E-state index in [2.05, 4.69) is 33.4 Å². The summed E-state index contributed by atoms with van der Waals surface area (Å²) < 4.78 is 0. The third-order valence-corrected chi connectivity index (χ3v) is 1.81. The summed E-state index contributed by atoms with van der Waals surface area (Å²) in [4.78, 5) is 0. The normalized spacial score (nSPS) is 18.9. The molecule has 43 valence electrons. The van der Waals surface area contributed by atoms with E-state index in [-0.39, 0.29) is 0 Å². The predicted octanol–water partition coefficient (Wildman–Crippen LogP) is 2.16. The first-order valence-electron chi connectivity index (χ1n) is 2.69. The van der Waals surface area contributed by atoms with Crippen LogP contribution >= 0.6 is 12.6 Å². The van der Waals surface area contributed by atoms with Crippen molar-refractivity contribution >= 4 is 12.6 Å². The topological polar surface area (TPSA) is 0 Å². The van der Waals surface area contributed by atoms with E-state index in [9.17, 15) is 0 Å². The highest BCUT2D eigenvalue weighted by atomic mass is 32.1. The zero-order chi connectivity index (χ0) is 5.86. The average Bonchev–Trinajstić information content (AvgIpc) is 1.65. The highest BCUT2D eigenvalue weighted by Gasteiger charge is 2.02. The maximum absolute atomic E-state index is 4.16. The number of hydrogen-bond donors (Lipinski definition) is 1. The number of thiol groups is 1. The molecular formula is C6H13S. The molecule has 0 amide bonds. The van der Waals surface area contributed by atoms with Gasteiger partial charge >= 0.3 is 0 Å². The fraction of sp³-hybridized carbons (Fsp3) is 0.833. The quantitative estimate of drug-likeness (QED) is 0.526. The van der Waals surface area contributed by atoms with Gasteiger partial charge in [0.1, 0.15) is 0 Å². The lowest BCUT2D eigenvalue weighted by atomic mass is 10.1. The van der Waals surface area contributed by atoms with Gasteiger partial charge in [0, 0.05) is 5.25 Å². The zero-order valence-electron chi connectivity index (χ0n) is 5.02. The van der Waals surface area contributed by atoms with Gasteiger partial charge in [0.15, 0.2) is 0 Å². The fourth-order valence-electron chi connectivity index (χ4n) is 0.272. The van der Waals surface area contributed by atoms with Crippen LogP contribution in [0.4, 0.5) is 0 Å². The summed E-state index contributed by atoms with van der Waals surface area (Å²) in [7, 11) is 0. The SMILES string of the molecule is [CH2]C(S)C(C)CC. The molecule has 0 fully saturated rings. The molecule has 0 aliphatic heterocycles. The van der Waals surface area contributed by atoms with Crippen LogP contribution in [0.5, 0.6) is 0 Å². The molecule has 0 aliphatic rings. The van der Waals surface area contributed by atoms with Crippen LogP contribution in [0.15, 0.2) is 0 Å². The molecule has 0 N–H and O–H groups in total. The van der Waals surface area contributed by atoms with Crippen LogP contribution in [0.25, 0.3) is 0 Å². The summed E-state index contributed by atoms with van der Waals surface area (Å²) in [5.74, 6) is 0.656. The molecule has 1 heteroatoms. The van der Waals surface area contributed by atoms with Crippen molar-refractivity contribution in [3.05, 3.63) is 6.92 Å². The molecule has 0 aromatic rings. The van der Waals surface area contributed by atoms with E-state index in [0.29, 0.717) is 11.2 Å². The van der Waals surface area contributed by atoms with Gasteiger partial charge < -0.3 is 0 Å². The van der Waals surface area contributed by atoms with Crippen molar-refractivity contribution in [1.29, 1.82) is 0 Å². The molecule has 2 unspecified atom stereocenters. The Morgan fingerprint density at radius 2 is 2.14 bits per heavy atom. The molecule has 7 heavy (non-hydrogen) atoms. The Morgan fingerprint density at radius 1 is 1.71 bits per heavy atom. The first kappa shape index (κ1) is 7.35. The second-order valence-corrected chi connectivity index (χ2v) is 2.62. The van der Waals surface area contributed by atoms with Gasteiger partial charge in [0.25, 0.3) is 0 Å². The van der Waals surface area contributed by atoms with Gasteiger partial charge in [-0.3, -0.25) is 0 Å². The lowest BCUT2D eigenvalue weighted by molar-refractivity contribution is 0.584. The summed E-state index contributed by atoms with van der Waals surface area (Å²) in [5, 5.41) is 0.310. The smallest absolute Gasteiger partial charge is 0.00427 e. The Balaban J connectivity index is 3.14. The van der Waals surface area contributed by atoms with E-state index in [0.717, 1.165) is 0 Å². The molecule has 0 heterocycles. The van der Waals surface area contributed by atoms with Crippen LogP contribution in [0.3, 0.4) is 0 Å².